The lowest BCUT2D eigenvalue weighted by molar-refractivity contribution is -0.288. The molecule has 13 heteroatoms. The van der Waals surface area contributed by atoms with Crippen molar-refractivity contribution in [1.29, 1.82) is 0 Å². The Balaban J connectivity index is 1.85. The summed E-state index contributed by atoms with van der Waals surface area (Å²) in [6, 6.07) is 13.4. The van der Waals surface area contributed by atoms with E-state index in [9.17, 15) is 27.6 Å². The van der Waals surface area contributed by atoms with Crippen LogP contribution in [0.5, 0.6) is 5.75 Å². The minimum Gasteiger partial charge on any atom is -0.463 e. The predicted molar refractivity (Wildman–Crippen MR) is 141 cm³/mol. The van der Waals surface area contributed by atoms with E-state index in [-0.39, 0.29) is 11.5 Å². The second-order valence-corrected chi connectivity index (χ2v) is 11.4. The molecule has 0 unspecified atom stereocenters. The van der Waals surface area contributed by atoms with E-state index in [2.05, 4.69) is 0 Å². The van der Waals surface area contributed by atoms with Gasteiger partial charge in [0.15, 0.2) is 22.0 Å². The third-order valence-electron chi connectivity index (χ3n) is 5.88. The zero-order valence-electron chi connectivity index (χ0n) is 23.2. The van der Waals surface area contributed by atoms with Crippen LogP contribution >= 0.6 is 0 Å². The molecule has 222 valence electrons. The van der Waals surface area contributed by atoms with Crippen LogP contribution in [0.15, 0.2) is 53.4 Å². The van der Waals surface area contributed by atoms with Crippen LogP contribution in [0.3, 0.4) is 0 Å². The van der Waals surface area contributed by atoms with Crippen molar-refractivity contribution < 1.29 is 56.0 Å². The summed E-state index contributed by atoms with van der Waals surface area (Å²) in [6.45, 7) is 4.23. The highest BCUT2D eigenvalue weighted by molar-refractivity contribution is 7.90. The van der Waals surface area contributed by atoms with E-state index >= 15 is 0 Å². The molecule has 2 aromatic rings. The first-order valence-electron chi connectivity index (χ1n) is 12.6. The highest BCUT2D eigenvalue weighted by Gasteiger charge is 2.53. The number of carbonyl (C=O) groups is 4. The average molecular weight is 593 g/mol. The van der Waals surface area contributed by atoms with E-state index < -0.39 is 64.4 Å². The summed E-state index contributed by atoms with van der Waals surface area (Å²) in [7, 11) is -3.29. The number of esters is 4. The Kier molecular flexibility index (Phi) is 10.5. The molecule has 0 saturated carbocycles. The Labute approximate surface area is 237 Å². The molecule has 5 atom stereocenters. The van der Waals surface area contributed by atoms with Crippen molar-refractivity contribution in [2.45, 2.75) is 69.7 Å². The van der Waals surface area contributed by atoms with Crippen LogP contribution in [-0.4, -0.2) is 75.9 Å². The van der Waals surface area contributed by atoms with Gasteiger partial charge in [-0.2, -0.15) is 0 Å². The van der Waals surface area contributed by atoms with E-state index in [0.717, 1.165) is 38.2 Å². The van der Waals surface area contributed by atoms with Gasteiger partial charge in [0.05, 0.1) is 4.90 Å². The largest absolute Gasteiger partial charge is 0.463 e. The average Bonchev–Trinajstić information content (AvgIpc) is 2.86. The fourth-order valence-electron chi connectivity index (χ4n) is 4.19. The van der Waals surface area contributed by atoms with Crippen molar-refractivity contribution in [2.75, 3.05) is 12.9 Å². The molecule has 1 saturated heterocycles. The minimum atomic E-state index is -3.29. The fraction of sp³-hybridized carbons (Fsp3) is 0.429. The van der Waals surface area contributed by atoms with Crippen LogP contribution in [0, 0.1) is 0 Å². The quantitative estimate of drug-likeness (QED) is 0.293. The van der Waals surface area contributed by atoms with Crippen LogP contribution in [0.2, 0.25) is 0 Å². The number of carbonyl (C=O) groups excluding carboxylic acids is 4. The number of sulfone groups is 1. The van der Waals surface area contributed by atoms with Gasteiger partial charge in [-0.25, -0.2) is 8.42 Å². The summed E-state index contributed by atoms with van der Waals surface area (Å²) in [6.07, 6.45) is -4.77. The topological polar surface area (TPSA) is 158 Å². The first-order valence-corrected chi connectivity index (χ1v) is 14.5. The summed E-state index contributed by atoms with van der Waals surface area (Å²) in [5.41, 5.74) is 1.79. The van der Waals surface area contributed by atoms with Gasteiger partial charge < -0.3 is 28.4 Å². The first-order chi connectivity index (χ1) is 19.2. The summed E-state index contributed by atoms with van der Waals surface area (Å²) in [4.78, 5) is 47.5. The zero-order chi connectivity index (χ0) is 30.3. The summed E-state index contributed by atoms with van der Waals surface area (Å²) >= 11 is 0. The summed E-state index contributed by atoms with van der Waals surface area (Å²) in [5, 5.41) is 0. The molecule has 1 heterocycles. The van der Waals surface area contributed by atoms with E-state index in [0.29, 0.717) is 12.2 Å². The Hall–Kier alpha value is -3.97. The third-order valence-corrected chi connectivity index (χ3v) is 7.01. The number of hydrogen-bond acceptors (Lipinski definition) is 12. The second kappa shape index (κ2) is 13.6. The second-order valence-electron chi connectivity index (χ2n) is 9.42. The molecule has 0 spiro atoms. The van der Waals surface area contributed by atoms with Gasteiger partial charge in [-0.05, 0) is 41.8 Å². The molecule has 3 rings (SSSR count). The van der Waals surface area contributed by atoms with Crippen LogP contribution in [0.25, 0.3) is 0 Å². The molecular weight excluding hydrogens is 560 g/mol. The molecule has 0 N–H and O–H groups in total. The maximum atomic E-state index is 12.0. The normalized spacial score (nSPS) is 22.2. The Morgan fingerprint density at radius 1 is 0.707 bits per heavy atom. The van der Waals surface area contributed by atoms with Crippen LogP contribution < -0.4 is 4.74 Å². The molecule has 2 aromatic carbocycles. The van der Waals surface area contributed by atoms with Crippen molar-refractivity contribution in [1.82, 2.24) is 0 Å². The van der Waals surface area contributed by atoms with Crippen LogP contribution in [-0.2, 0) is 59.1 Å². The molecule has 0 bridgehead atoms. The SMILES string of the molecule is CC(=O)OC[C@H]1O[C@@H](Oc2ccc(Cc3ccc(S(C)(=O)=O)cc3)cc2)[C@H](OC(C)=O)[C@@H](OC(C)=O)[C@@H]1OC(C)=O. The molecule has 1 aliphatic heterocycles. The number of benzene rings is 2. The Morgan fingerprint density at radius 2 is 1.20 bits per heavy atom. The predicted octanol–water partition coefficient (Wildman–Crippen LogP) is 2.14. The maximum Gasteiger partial charge on any atom is 0.303 e. The van der Waals surface area contributed by atoms with Gasteiger partial charge in [0.25, 0.3) is 0 Å². The molecule has 1 fully saturated rings. The first kappa shape index (κ1) is 31.6. The lowest BCUT2D eigenvalue weighted by Crippen LogP contribution is -2.63. The van der Waals surface area contributed by atoms with Crippen molar-refractivity contribution in [3.05, 3.63) is 59.7 Å². The van der Waals surface area contributed by atoms with Crippen molar-refractivity contribution in [3.63, 3.8) is 0 Å². The van der Waals surface area contributed by atoms with Crippen LogP contribution in [0.4, 0.5) is 0 Å². The van der Waals surface area contributed by atoms with E-state index in [1.807, 2.05) is 0 Å². The monoisotopic (exact) mass is 592 g/mol. The summed E-state index contributed by atoms with van der Waals surface area (Å²) in [5.74, 6) is -2.53. The molecule has 0 amide bonds. The standard InChI is InChI=1S/C28H32O12S/c1-16(29)35-15-24-25(36-17(2)30)26(37-18(3)31)27(38-19(4)32)28(40-24)39-22-10-6-20(7-11-22)14-21-8-12-23(13-9-21)41(5,33)34/h6-13,24-28H,14-15H2,1-5H3/t24-,25-,26+,27-,28-/m1/s1. The van der Waals surface area contributed by atoms with E-state index in [1.54, 1.807) is 48.5 Å². The highest BCUT2D eigenvalue weighted by atomic mass is 32.2. The third kappa shape index (κ3) is 9.29. The number of rotatable bonds is 10. The van der Waals surface area contributed by atoms with Gasteiger partial charge in [-0.15, -0.1) is 0 Å². The zero-order valence-corrected chi connectivity index (χ0v) is 24.0. The van der Waals surface area contributed by atoms with Gasteiger partial charge in [0.2, 0.25) is 12.4 Å². The molecule has 0 aromatic heterocycles. The number of ether oxygens (including phenoxy) is 6. The maximum absolute atomic E-state index is 12.0. The van der Waals surface area contributed by atoms with E-state index in [1.165, 1.54) is 6.92 Å². The fourth-order valence-corrected chi connectivity index (χ4v) is 4.82. The number of hydrogen-bond donors (Lipinski definition) is 0. The van der Waals surface area contributed by atoms with Gasteiger partial charge in [0, 0.05) is 34.0 Å². The van der Waals surface area contributed by atoms with Crippen molar-refractivity contribution in [3.8, 4) is 5.75 Å². The molecule has 12 nitrogen and oxygen atoms in total. The van der Waals surface area contributed by atoms with Gasteiger partial charge in [0.1, 0.15) is 18.5 Å². The minimum absolute atomic E-state index is 0.231. The highest BCUT2D eigenvalue weighted by Crippen LogP contribution is 2.31. The van der Waals surface area contributed by atoms with Gasteiger partial charge >= 0.3 is 23.9 Å². The molecule has 41 heavy (non-hydrogen) atoms. The van der Waals surface area contributed by atoms with Gasteiger partial charge in [-0.3, -0.25) is 19.2 Å². The lowest BCUT2D eigenvalue weighted by Gasteiger charge is -2.43. The van der Waals surface area contributed by atoms with Crippen molar-refractivity contribution >= 4 is 33.7 Å². The molecular formula is C28H32O12S. The van der Waals surface area contributed by atoms with Gasteiger partial charge in [-0.1, -0.05) is 24.3 Å². The van der Waals surface area contributed by atoms with Crippen molar-refractivity contribution in [2.24, 2.45) is 0 Å². The van der Waals surface area contributed by atoms with E-state index in [4.69, 9.17) is 28.4 Å². The lowest BCUT2D eigenvalue weighted by atomic mass is 9.98. The Bertz CT molecular complexity index is 1350. The Morgan fingerprint density at radius 3 is 1.68 bits per heavy atom. The summed E-state index contributed by atoms with van der Waals surface area (Å²) < 4.78 is 56.5. The van der Waals surface area contributed by atoms with Crippen LogP contribution in [0.1, 0.15) is 38.8 Å². The molecule has 1 aliphatic rings. The molecule has 0 aliphatic carbocycles. The smallest absolute Gasteiger partial charge is 0.303 e. The molecule has 0 radical (unpaired) electrons.